The van der Waals surface area contributed by atoms with Gasteiger partial charge in [0.05, 0.1) is 18.6 Å². The maximum Gasteiger partial charge on any atom is 0.263 e. The Bertz CT molecular complexity index is 1720. The summed E-state index contributed by atoms with van der Waals surface area (Å²) in [6.45, 7) is 7.01. The average Bonchev–Trinajstić information content (AvgIpc) is 3.05. The Balaban J connectivity index is 1.55. The zero-order valence-corrected chi connectivity index (χ0v) is 27.1. The summed E-state index contributed by atoms with van der Waals surface area (Å²) >= 11 is 0. The van der Waals surface area contributed by atoms with Gasteiger partial charge in [-0.25, -0.2) is 13.4 Å². The van der Waals surface area contributed by atoms with Crippen LogP contribution in [0.1, 0.15) is 45.6 Å². The monoisotopic (exact) mass is 650 g/mol. The summed E-state index contributed by atoms with van der Waals surface area (Å²) in [7, 11) is -2.68. The van der Waals surface area contributed by atoms with Gasteiger partial charge in [0, 0.05) is 24.3 Å². The number of ether oxygens (including phenoxy) is 5. The molecule has 2 aromatic carbocycles. The van der Waals surface area contributed by atoms with Gasteiger partial charge in [0.15, 0.2) is 41.8 Å². The van der Waals surface area contributed by atoms with Crippen LogP contribution in [0.3, 0.4) is 0 Å². The fourth-order valence-corrected chi connectivity index (χ4v) is 5.68. The minimum Gasteiger partial charge on any atom is -0.619 e. The first kappa shape index (κ1) is 32.9. The van der Waals surface area contributed by atoms with E-state index in [-0.39, 0.29) is 58.8 Å². The van der Waals surface area contributed by atoms with E-state index >= 15 is 0 Å². The molecular weight excluding hydrogens is 612 g/mol. The van der Waals surface area contributed by atoms with Gasteiger partial charge in [-0.2, -0.15) is 9.71 Å². The molecule has 1 fully saturated rings. The van der Waals surface area contributed by atoms with Crippen LogP contribution in [-0.2, 0) is 24.9 Å². The smallest absolute Gasteiger partial charge is 0.263 e. The van der Waals surface area contributed by atoms with E-state index in [2.05, 4.69) is 14.7 Å². The third kappa shape index (κ3) is 8.22. The van der Waals surface area contributed by atoms with Gasteiger partial charge in [0.2, 0.25) is 5.75 Å². The molecule has 1 atom stereocenters. The first-order chi connectivity index (χ1) is 22.0. The average molecular weight is 651 g/mol. The molecule has 0 saturated carbocycles. The third-order valence-corrected chi connectivity index (χ3v) is 8.56. The van der Waals surface area contributed by atoms with Crippen molar-refractivity contribution in [3.8, 4) is 34.5 Å². The molecule has 13 heteroatoms. The lowest BCUT2D eigenvalue weighted by Gasteiger charge is -2.23. The van der Waals surface area contributed by atoms with Gasteiger partial charge in [-0.1, -0.05) is 45.0 Å². The lowest BCUT2D eigenvalue weighted by molar-refractivity contribution is -0.605. The maximum atomic E-state index is 13.8. The van der Waals surface area contributed by atoms with Crippen LogP contribution in [-0.4, -0.2) is 51.6 Å². The van der Waals surface area contributed by atoms with Crippen molar-refractivity contribution in [1.82, 2.24) is 9.97 Å². The van der Waals surface area contributed by atoms with Gasteiger partial charge < -0.3 is 28.9 Å². The predicted molar refractivity (Wildman–Crippen MR) is 170 cm³/mol. The Kier molecular flexibility index (Phi) is 10.2. The summed E-state index contributed by atoms with van der Waals surface area (Å²) in [5.41, 5.74) is 1.26. The molecule has 0 aliphatic carbocycles. The summed E-state index contributed by atoms with van der Waals surface area (Å²) in [6, 6.07) is 16.5. The Hall–Kier alpha value is -4.46. The number of hydrogen-bond acceptors (Lipinski definition) is 10. The van der Waals surface area contributed by atoms with Gasteiger partial charge in [-0.05, 0) is 54.5 Å². The van der Waals surface area contributed by atoms with Gasteiger partial charge in [0.1, 0.15) is 6.61 Å². The molecule has 46 heavy (non-hydrogen) atoms. The number of pyridine rings is 1. The first-order valence-corrected chi connectivity index (χ1v) is 16.4. The van der Waals surface area contributed by atoms with Crippen molar-refractivity contribution in [2.75, 3.05) is 31.7 Å². The number of para-hydroxylation sites is 2. The van der Waals surface area contributed by atoms with Crippen molar-refractivity contribution >= 4 is 15.8 Å². The number of sulfonamides is 1. The lowest BCUT2D eigenvalue weighted by Crippen LogP contribution is -2.24. The topological polar surface area (TPSA) is 145 Å². The zero-order valence-electron chi connectivity index (χ0n) is 26.3. The fraction of sp³-hybridized carbons (Fsp3) is 0.364. The standard InChI is InChI=1S/C33H38N4O8S/c1-33(2,3)24-12-14-25(15-13-24)46(39,40)36-31-29(45-27-10-6-5-9-26(27)41-4)32(44-22-21-43-28-11-7-8-20-42-28)35-30(34-31)23-16-18-37(38)19-17-23/h5-6,9-10,12-19,28H,7-8,11,20-22H2,1-4H3,(H,34,35,36). The molecule has 1 N–H and O–H groups in total. The van der Waals surface area contributed by atoms with E-state index in [0.29, 0.717) is 22.7 Å². The van der Waals surface area contributed by atoms with Crippen molar-refractivity contribution in [2.45, 2.75) is 56.6 Å². The SMILES string of the molecule is COc1ccccc1Oc1c(NS(=O)(=O)c2ccc(C(C)(C)C)cc2)nc(-c2cc[n+]([O-])cc2)nc1OCCOC1CCCCO1. The molecule has 1 aliphatic rings. The molecule has 5 rings (SSSR count). The highest BCUT2D eigenvalue weighted by molar-refractivity contribution is 7.92. The molecule has 12 nitrogen and oxygen atoms in total. The molecule has 0 radical (unpaired) electrons. The number of benzene rings is 2. The van der Waals surface area contributed by atoms with E-state index in [0.717, 1.165) is 24.8 Å². The molecule has 3 heterocycles. The van der Waals surface area contributed by atoms with Crippen molar-refractivity contribution in [3.05, 3.63) is 83.8 Å². The molecule has 0 bridgehead atoms. The Labute approximate surface area is 268 Å². The van der Waals surface area contributed by atoms with Crippen LogP contribution < -0.4 is 23.7 Å². The van der Waals surface area contributed by atoms with E-state index < -0.39 is 10.0 Å². The van der Waals surface area contributed by atoms with E-state index in [1.807, 2.05) is 20.8 Å². The second-order valence-electron chi connectivity index (χ2n) is 11.6. The molecule has 1 unspecified atom stereocenters. The minimum absolute atomic E-state index is 0.0272. The molecule has 0 spiro atoms. The Morgan fingerprint density at radius 2 is 1.70 bits per heavy atom. The van der Waals surface area contributed by atoms with Crippen LogP contribution >= 0.6 is 0 Å². The fourth-order valence-electron chi connectivity index (χ4n) is 4.67. The van der Waals surface area contributed by atoms with E-state index in [1.165, 1.54) is 43.8 Å². The van der Waals surface area contributed by atoms with Crippen molar-refractivity contribution in [3.63, 3.8) is 0 Å². The molecule has 1 saturated heterocycles. The lowest BCUT2D eigenvalue weighted by atomic mass is 9.87. The molecule has 1 aliphatic heterocycles. The largest absolute Gasteiger partial charge is 0.619 e. The van der Waals surface area contributed by atoms with E-state index in [1.54, 1.807) is 36.4 Å². The number of methoxy groups -OCH3 is 1. The first-order valence-electron chi connectivity index (χ1n) is 14.9. The van der Waals surface area contributed by atoms with Crippen LogP contribution in [0.2, 0.25) is 0 Å². The Morgan fingerprint density at radius 1 is 0.978 bits per heavy atom. The molecule has 4 aromatic rings. The summed E-state index contributed by atoms with van der Waals surface area (Å²) in [6.07, 6.45) is 5.05. The second-order valence-corrected chi connectivity index (χ2v) is 13.3. The van der Waals surface area contributed by atoms with Gasteiger partial charge in [-0.3, -0.25) is 4.72 Å². The molecule has 0 amide bonds. The Morgan fingerprint density at radius 3 is 2.35 bits per heavy atom. The summed E-state index contributed by atoms with van der Waals surface area (Å²) in [5, 5.41) is 11.7. The predicted octanol–water partition coefficient (Wildman–Crippen LogP) is 5.60. The summed E-state index contributed by atoms with van der Waals surface area (Å²) in [4.78, 5) is 9.15. The van der Waals surface area contributed by atoms with Crippen LogP contribution in [0.25, 0.3) is 11.4 Å². The number of rotatable bonds is 12. The highest BCUT2D eigenvalue weighted by Gasteiger charge is 2.26. The highest BCUT2D eigenvalue weighted by Crippen LogP contribution is 2.41. The quantitative estimate of drug-likeness (QED) is 0.117. The van der Waals surface area contributed by atoms with Crippen LogP contribution in [0.5, 0.6) is 23.1 Å². The van der Waals surface area contributed by atoms with Crippen LogP contribution in [0.15, 0.2) is 78.0 Å². The van der Waals surface area contributed by atoms with Crippen molar-refractivity contribution in [2.24, 2.45) is 0 Å². The van der Waals surface area contributed by atoms with Crippen LogP contribution in [0.4, 0.5) is 5.82 Å². The maximum absolute atomic E-state index is 13.8. The normalized spacial score (nSPS) is 15.3. The highest BCUT2D eigenvalue weighted by atomic mass is 32.2. The van der Waals surface area contributed by atoms with Crippen LogP contribution in [0, 0.1) is 5.21 Å². The number of nitrogens with zero attached hydrogens (tertiary/aromatic N) is 3. The minimum atomic E-state index is -4.17. The zero-order chi connectivity index (χ0) is 32.7. The number of anilines is 1. The van der Waals surface area contributed by atoms with Crippen molar-refractivity contribution < 1.29 is 36.8 Å². The van der Waals surface area contributed by atoms with E-state index in [9.17, 15) is 13.6 Å². The third-order valence-electron chi connectivity index (χ3n) is 7.20. The molecule has 2 aromatic heterocycles. The summed E-state index contributed by atoms with van der Waals surface area (Å²) < 4.78 is 60.0. The van der Waals surface area contributed by atoms with Gasteiger partial charge in [-0.15, -0.1) is 0 Å². The number of aromatic nitrogens is 3. The van der Waals surface area contributed by atoms with Gasteiger partial charge >= 0.3 is 0 Å². The number of hydrogen-bond donors (Lipinski definition) is 1. The molecular formula is C33H38N4O8S. The summed E-state index contributed by atoms with van der Waals surface area (Å²) in [5.74, 6) is 0.446. The van der Waals surface area contributed by atoms with E-state index in [4.69, 9.17) is 23.7 Å². The second kappa shape index (κ2) is 14.3. The number of nitrogens with one attached hydrogen (secondary N) is 1. The van der Waals surface area contributed by atoms with Gasteiger partial charge in [0.25, 0.3) is 15.9 Å². The molecule has 244 valence electrons. The van der Waals surface area contributed by atoms with Crippen molar-refractivity contribution in [1.29, 1.82) is 0 Å².